The van der Waals surface area contributed by atoms with Gasteiger partial charge in [0.25, 0.3) is 0 Å². The van der Waals surface area contributed by atoms with Gasteiger partial charge in [-0.05, 0) is 31.2 Å². The number of benzene rings is 2. The van der Waals surface area contributed by atoms with Crippen molar-refractivity contribution in [2.75, 3.05) is 0 Å². The number of carboxylic acid groups (broad SMARTS) is 1. The van der Waals surface area contributed by atoms with Gasteiger partial charge in [0.15, 0.2) is 0 Å². The Morgan fingerprint density at radius 2 is 2.10 bits per heavy atom. The molecule has 2 rings (SSSR count). The third-order valence-corrected chi connectivity index (χ3v) is 3.65. The minimum atomic E-state index is -0.990. The van der Waals surface area contributed by atoms with Crippen LogP contribution in [-0.2, 0) is 6.61 Å². The fourth-order valence-corrected chi connectivity index (χ4v) is 2.26. The summed E-state index contributed by atoms with van der Waals surface area (Å²) < 4.78 is 19.2. The highest BCUT2D eigenvalue weighted by Gasteiger charge is 2.11. The van der Waals surface area contributed by atoms with Crippen LogP contribution in [0.3, 0.4) is 0 Å². The lowest BCUT2D eigenvalue weighted by molar-refractivity contribution is 0.0695. The summed E-state index contributed by atoms with van der Waals surface area (Å²) in [5.74, 6) is -0.818. The van der Waals surface area contributed by atoms with E-state index < -0.39 is 5.97 Å². The van der Waals surface area contributed by atoms with E-state index in [0.717, 1.165) is 5.56 Å². The molecule has 104 valence electrons. The molecule has 0 aliphatic rings. The number of aromatic carboxylic acids is 1. The van der Waals surface area contributed by atoms with Crippen LogP contribution in [0.15, 0.2) is 40.9 Å². The predicted molar refractivity (Wildman–Crippen MR) is 76.6 cm³/mol. The maximum atomic E-state index is 13.0. The molecule has 1 N–H and O–H groups in total. The smallest absolute Gasteiger partial charge is 0.336 e. The number of halogens is 2. The maximum absolute atomic E-state index is 13.0. The van der Waals surface area contributed by atoms with E-state index in [1.54, 1.807) is 25.1 Å². The number of hydrogen-bond acceptors (Lipinski definition) is 2. The van der Waals surface area contributed by atoms with Crippen LogP contribution < -0.4 is 4.74 Å². The van der Waals surface area contributed by atoms with Gasteiger partial charge >= 0.3 is 5.97 Å². The molecule has 3 nitrogen and oxygen atoms in total. The van der Waals surface area contributed by atoms with Crippen molar-refractivity contribution >= 4 is 21.9 Å². The normalized spacial score (nSPS) is 10.3. The number of carbonyl (C=O) groups is 1. The van der Waals surface area contributed by atoms with Crippen LogP contribution in [0.25, 0.3) is 0 Å². The SMILES string of the molecule is Cc1c(OCc2ccc(F)cc2Br)cccc1C(=O)O. The zero-order valence-corrected chi connectivity index (χ0v) is 12.3. The zero-order valence-electron chi connectivity index (χ0n) is 10.7. The molecule has 20 heavy (non-hydrogen) atoms. The highest BCUT2D eigenvalue weighted by atomic mass is 79.9. The Morgan fingerprint density at radius 1 is 1.35 bits per heavy atom. The lowest BCUT2D eigenvalue weighted by Crippen LogP contribution is -2.03. The van der Waals surface area contributed by atoms with Crippen LogP contribution in [0.2, 0.25) is 0 Å². The summed E-state index contributed by atoms with van der Waals surface area (Å²) in [4.78, 5) is 11.0. The van der Waals surface area contributed by atoms with E-state index in [2.05, 4.69) is 15.9 Å². The van der Waals surface area contributed by atoms with E-state index in [-0.39, 0.29) is 18.0 Å². The Morgan fingerprint density at radius 3 is 2.75 bits per heavy atom. The fourth-order valence-electron chi connectivity index (χ4n) is 1.80. The van der Waals surface area contributed by atoms with Crippen molar-refractivity contribution in [1.82, 2.24) is 0 Å². The van der Waals surface area contributed by atoms with Gasteiger partial charge in [-0.1, -0.05) is 28.1 Å². The first kappa shape index (κ1) is 14.5. The zero-order chi connectivity index (χ0) is 14.7. The first-order valence-corrected chi connectivity index (χ1v) is 6.68. The molecule has 0 bridgehead atoms. The van der Waals surface area contributed by atoms with E-state index in [9.17, 15) is 9.18 Å². The summed E-state index contributed by atoms with van der Waals surface area (Å²) in [6.07, 6.45) is 0. The van der Waals surface area contributed by atoms with Crippen molar-refractivity contribution in [3.8, 4) is 5.75 Å². The number of carboxylic acids is 1. The van der Waals surface area contributed by atoms with Gasteiger partial charge in [0.05, 0.1) is 5.56 Å². The molecule has 2 aromatic carbocycles. The lowest BCUT2D eigenvalue weighted by atomic mass is 10.1. The average molecular weight is 339 g/mol. The molecule has 0 unspecified atom stereocenters. The Hall–Kier alpha value is -1.88. The molecule has 0 aromatic heterocycles. The van der Waals surface area contributed by atoms with Crippen LogP contribution in [0.4, 0.5) is 4.39 Å². The largest absolute Gasteiger partial charge is 0.489 e. The summed E-state index contributed by atoms with van der Waals surface area (Å²) in [6, 6.07) is 9.20. The number of rotatable bonds is 4. The highest BCUT2D eigenvalue weighted by molar-refractivity contribution is 9.10. The Bertz CT molecular complexity index is 656. The standard InChI is InChI=1S/C15H12BrFO3/c1-9-12(15(18)19)3-2-4-14(9)20-8-10-5-6-11(17)7-13(10)16/h2-7H,8H2,1H3,(H,18,19). The quantitative estimate of drug-likeness (QED) is 0.909. The fraction of sp³-hybridized carbons (Fsp3) is 0.133. The molecule has 0 aliphatic carbocycles. The number of ether oxygens (including phenoxy) is 1. The molecule has 0 spiro atoms. The van der Waals surface area contributed by atoms with Crippen LogP contribution >= 0.6 is 15.9 Å². The topological polar surface area (TPSA) is 46.5 Å². The van der Waals surface area contributed by atoms with Crippen LogP contribution in [0, 0.1) is 12.7 Å². The average Bonchev–Trinajstić information content (AvgIpc) is 2.39. The van der Waals surface area contributed by atoms with Gasteiger partial charge in [-0.15, -0.1) is 0 Å². The third-order valence-electron chi connectivity index (χ3n) is 2.91. The molecule has 0 radical (unpaired) electrons. The van der Waals surface area contributed by atoms with Gasteiger partial charge in [0, 0.05) is 15.6 Å². The van der Waals surface area contributed by atoms with Gasteiger partial charge in [-0.25, -0.2) is 9.18 Å². The Labute approximate surface area is 124 Å². The molecular formula is C15H12BrFO3. The molecule has 0 saturated heterocycles. The summed E-state index contributed by atoms with van der Waals surface area (Å²) in [5.41, 5.74) is 1.56. The predicted octanol–water partition coefficient (Wildman–Crippen LogP) is 4.17. The summed E-state index contributed by atoms with van der Waals surface area (Å²) in [6.45, 7) is 1.92. The van der Waals surface area contributed by atoms with Crippen LogP contribution in [-0.4, -0.2) is 11.1 Å². The maximum Gasteiger partial charge on any atom is 0.336 e. The van der Waals surface area contributed by atoms with Crippen LogP contribution in [0.5, 0.6) is 5.75 Å². The minimum absolute atomic E-state index is 0.209. The number of hydrogen-bond donors (Lipinski definition) is 1. The Balaban J connectivity index is 2.19. The molecule has 0 saturated carbocycles. The van der Waals surface area contributed by atoms with E-state index in [1.807, 2.05) is 0 Å². The Kier molecular flexibility index (Phi) is 4.39. The highest BCUT2D eigenvalue weighted by Crippen LogP contribution is 2.24. The summed E-state index contributed by atoms with van der Waals surface area (Å²) in [5, 5.41) is 9.05. The molecule has 5 heteroatoms. The molecule has 2 aromatic rings. The molecule has 0 heterocycles. The van der Waals surface area contributed by atoms with Gasteiger partial charge in [0.2, 0.25) is 0 Å². The monoisotopic (exact) mass is 338 g/mol. The molecule has 0 fully saturated rings. The minimum Gasteiger partial charge on any atom is -0.489 e. The van der Waals surface area contributed by atoms with Crippen molar-refractivity contribution in [2.24, 2.45) is 0 Å². The molecular weight excluding hydrogens is 327 g/mol. The summed E-state index contributed by atoms with van der Waals surface area (Å²) >= 11 is 3.26. The second-order valence-electron chi connectivity index (χ2n) is 4.26. The van der Waals surface area contributed by atoms with E-state index in [1.165, 1.54) is 18.2 Å². The second-order valence-corrected chi connectivity index (χ2v) is 5.11. The van der Waals surface area contributed by atoms with Crippen molar-refractivity contribution in [1.29, 1.82) is 0 Å². The second kappa shape index (κ2) is 6.05. The molecule has 0 amide bonds. The van der Waals surface area contributed by atoms with E-state index in [0.29, 0.717) is 15.8 Å². The van der Waals surface area contributed by atoms with Gasteiger partial charge in [-0.3, -0.25) is 0 Å². The van der Waals surface area contributed by atoms with E-state index in [4.69, 9.17) is 9.84 Å². The van der Waals surface area contributed by atoms with Crippen LogP contribution in [0.1, 0.15) is 21.5 Å². The van der Waals surface area contributed by atoms with E-state index >= 15 is 0 Å². The van der Waals surface area contributed by atoms with Gasteiger partial charge in [-0.2, -0.15) is 0 Å². The lowest BCUT2D eigenvalue weighted by Gasteiger charge is -2.12. The van der Waals surface area contributed by atoms with Crippen molar-refractivity contribution < 1.29 is 19.0 Å². The van der Waals surface area contributed by atoms with Gasteiger partial charge in [0.1, 0.15) is 18.2 Å². The van der Waals surface area contributed by atoms with Gasteiger partial charge < -0.3 is 9.84 Å². The van der Waals surface area contributed by atoms with Crippen molar-refractivity contribution in [3.63, 3.8) is 0 Å². The van der Waals surface area contributed by atoms with Crippen molar-refractivity contribution in [3.05, 3.63) is 63.4 Å². The third kappa shape index (κ3) is 3.17. The first-order valence-electron chi connectivity index (χ1n) is 5.88. The molecule has 0 atom stereocenters. The van der Waals surface area contributed by atoms with Crippen molar-refractivity contribution in [2.45, 2.75) is 13.5 Å². The summed E-state index contributed by atoms with van der Waals surface area (Å²) in [7, 11) is 0. The first-order chi connectivity index (χ1) is 9.49. The molecule has 0 aliphatic heterocycles.